The van der Waals surface area contributed by atoms with Gasteiger partial charge in [-0.3, -0.25) is 9.59 Å². The normalized spacial score (nSPS) is 10.6. The highest BCUT2D eigenvalue weighted by Gasteiger charge is 2.06. The maximum Gasteiger partial charge on any atom is 0.248 e. The molecule has 5 heteroatoms. The van der Waals surface area contributed by atoms with E-state index < -0.39 is 0 Å². The van der Waals surface area contributed by atoms with E-state index in [1.54, 1.807) is 36.4 Å². The fourth-order valence-electron chi connectivity index (χ4n) is 1.94. The van der Waals surface area contributed by atoms with Gasteiger partial charge in [0.15, 0.2) is 5.78 Å². The monoisotopic (exact) mass is 387 g/mol. The number of hydrogen-bond donors (Lipinski definition) is 1. The summed E-state index contributed by atoms with van der Waals surface area (Å²) in [4.78, 5) is 24.0. The van der Waals surface area contributed by atoms with Gasteiger partial charge in [0.1, 0.15) is 5.75 Å². The van der Waals surface area contributed by atoms with Crippen molar-refractivity contribution in [1.29, 1.82) is 0 Å². The molecule has 0 spiro atoms. The van der Waals surface area contributed by atoms with Gasteiger partial charge >= 0.3 is 0 Å². The molecule has 0 fully saturated rings. The number of allylic oxidation sites excluding steroid dienone is 1. The molecule has 1 amide bonds. The van der Waals surface area contributed by atoms with Gasteiger partial charge in [-0.25, -0.2) is 0 Å². The van der Waals surface area contributed by atoms with Gasteiger partial charge in [-0.05, 0) is 48.9 Å². The number of carbonyl (C=O) groups is 2. The zero-order chi connectivity index (χ0) is 17.4. The SMILES string of the molecule is CCCOc1ccccc1NC(=O)/C=C/C(=O)c1ccc(Br)cc1. The fraction of sp³-hybridized carbons (Fsp3) is 0.158. The Bertz CT molecular complexity index is 739. The number of ketones is 1. The number of carbonyl (C=O) groups excluding carboxylic acids is 2. The number of amides is 1. The summed E-state index contributed by atoms with van der Waals surface area (Å²) >= 11 is 3.31. The van der Waals surface area contributed by atoms with Crippen LogP contribution in [0.5, 0.6) is 5.75 Å². The van der Waals surface area contributed by atoms with Crippen molar-refractivity contribution in [2.45, 2.75) is 13.3 Å². The third-order valence-corrected chi connectivity index (χ3v) is 3.65. The first-order valence-electron chi connectivity index (χ1n) is 7.61. The van der Waals surface area contributed by atoms with Gasteiger partial charge in [0, 0.05) is 16.1 Å². The third kappa shape index (κ3) is 5.35. The predicted octanol–water partition coefficient (Wildman–Crippen LogP) is 4.62. The van der Waals surface area contributed by atoms with Crippen LogP contribution in [0.2, 0.25) is 0 Å². The van der Waals surface area contributed by atoms with Crippen LogP contribution in [0, 0.1) is 0 Å². The Morgan fingerprint density at radius 2 is 1.79 bits per heavy atom. The molecule has 0 radical (unpaired) electrons. The van der Waals surface area contributed by atoms with E-state index in [0.717, 1.165) is 10.9 Å². The van der Waals surface area contributed by atoms with E-state index in [9.17, 15) is 9.59 Å². The number of ether oxygens (including phenoxy) is 1. The molecular weight excluding hydrogens is 370 g/mol. The molecule has 0 unspecified atom stereocenters. The first-order valence-corrected chi connectivity index (χ1v) is 8.40. The lowest BCUT2D eigenvalue weighted by Gasteiger charge is -2.10. The van der Waals surface area contributed by atoms with Gasteiger partial charge in [-0.2, -0.15) is 0 Å². The second kappa shape index (κ2) is 9.03. The summed E-state index contributed by atoms with van der Waals surface area (Å²) in [5.74, 6) is 0.00140. The highest BCUT2D eigenvalue weighted by Crippen LogP contribution is 2.23. The van der Waals surface area contributed by atoms with Crippen LogP contribution in [0.25, 0.3) is 0 Å². The second-order valence-corrected chi connectivity index (χ2v) is 5.95. The Morgan fingerprint density at radius 1 is 1.08 bits per heavy atom. The zero-order valence-electron chi connectivity index (χ0n) is 13.3. The molecule has 24 heavy (non-hydrogen) atoms. The minimum Gasteiger partial charge on any atom is -0.491 e. The van der Waals surface area contributed by atoms with Crippen molar-refractivity contribution in [1.82, 2.24) is 0 Å². The van der Waals surface area contributed by atoms with Gasteiger partial charge < -0.3 is 10.1 Å². The Labute approximate surface area is 149 Å². The summed E-state index contributed by atoms with van der Waals surface area (Å²) in [6, 6.07) is 14.2. The van der Waals surface area contributed by atoms with E-state index in [1.807, 2.05) is 19.1 Å². The van der Waals surface area contributed by atoms with Crippen molar-refractivity contribution in [3.8, 4) is 5.75 Å². The minimum atomic E-state index is -0.381. The molecule has 2 aromatic carbocycles. The van der Waals surface area contributed by atoms with Crippen LogP contribution in [0.3, 0.4) is 0 Å². The van der Waals surface area contributed by atoms with Gasteiger partial charge in [0.25, 0.3) is 0 Å². The Kier molecular flexibility index (Phi) is 6.75. The van der Waals surface area contributed by atoms with Crippen molar-refractivity contribution >= 4 is 33.3 Å². The van der Waals surface area contributed by atoms with Crippen molar-refractivity contribution in [3.63, 3.8) is 0 Å². The van der Waals surface area contributed by atoms with Crippen molar-refractivity contribution in [3.05, 3.63) is 70.7 Å². The largest absolute Gasteiger partial charge is 0.491 e. The average Bonchev–Trinajstić information content (AvgIpc) is 2.59. The molecule has 0 aliphatic heterocycles. The van der Waals surface area contributed by atoms with Crippen molar-refractivity contribution in [2.75, 3.05) is 11.9 Å². The number of rotatable bonds is 7. The lowest BCUT2D eigenvalue weighted by atomic mass is 10.1. The predicted molar refractivity (Wildman–Crippen MR) is 98.5 cm³/mol. The minimum absolute atomic E-state index is 0.229. The molecule has 124 valence electrons. The van der Waals surface area contributed by atoms with Crippen LogP contribution >= 0.6 is 15.9 Å². The molecule has 0 saturated carbocycles. The van der Waals surface area contributed by atoms with Gasteiger partial charge in [-0.15, -0.1) is 0 Å². The topological polar surface area (TPSA) is 55.4 Å². The standard InChI is InChI=1S/C19H18BrNO3/c1-2-13-24-18-6-4-3-5-16(18)21-19(23)12-11-17(22)14-7-9-15(20)10-8-14/h3-12H,2,13H2,1H3,(H,21,23)/b12-11+. The Balaban J connectivity index is 2.00. The molecular formula is C19H18BrNO3. The number of para-hydroxylation sites is 2. The molecule has 0 bridgehead atoms. The van der Waals surface area contributed by atoms with E-state index in [4.69, 9.17) is 4.74 Å². The van der Waals surface area contributed by atoms with Gasteiger partial charge in [-0.1, -0.05) is 35.0 Å². The number of nitrogens with one attached hydrogen (secondary N) is 1. The molecule has 2 aromatic rings. The number of anilines is 1. The quantitative estimate of drug-likeness (QED) is 0.557. The van der Waals surface area contributed by atoms with E-state index in [2.05, 4.69) is 21.2 Å². The molecule has 0 aliphatic rings. The highest BCUT2D eigenvalue weighted by molar-refractivity contribution is 9.10. The van der Waals surface area contributed by atoms with E-state index in [-0.39, 0.29) is 11.7 Å². The summed E-state index contributed by atoms with van der Waals surface area (Å²) in [6.45, 7) is 2.59. The van der Waals surface area contributed by atoms with E-state index in [1.165, 1.54) is 12.2 Å². The first-order chi connectivity index (χ1) is 11.6. The average molecular weight is 388 g/mol. The Hall–Kier alpha value is -2.40. The van der Waals surface area contributed by atoms with Crippen LogP contribution < -0.4 is 10.1 Å². The van der Waals surface area contributed by atoms with E-state index in [0.29, 0.717) is 23.6 Å². The van der Waals surface area contributed by atoms with E-state index >= 15 is 0 Å². The van der Waals surface area contributed by atoms with Gasteiger partial charge in [0.2, 0.25) is 5.91 Å². The van der Waals surface area contributed by atoms with Crippen molar-refractivity contribution < 1.29 is 14.3 Å². The van der Waals surface area contributed by atoms with Crippen LogP contribution in [0.4, 0.5) is 5.69 Å². The third-order valence-electron chi connectivity index (χ3n) is 3.12. The Morgan fingerprint density at radius 3 is 2.50 bits per heavy atom. The molecule has 0 aromatic heterocycles. The summed E-state index contributed by atoms with van der Waals surface area (Å²) in [5.41, 5.74) is 1.10. The zero-order valence-corrected chi connectivity index (χ0v) is 14.9. The summed E-state index contributed by atoms with van der Waals surface area (Å²) in [7, 11) is 0. The molecule has 2 rings (SSSR count). The second-order valence-electron chi connectivity index (χ2n) is 5.04. The number of hydrogen-bond acceptors (Lipinski definition) is 3. The molecule has 0 atom stereocenters. The lowest BCUT2D eigenvalue weighted by Crippen LogP contribution is -2.10. The van der Waals surface area contributed by atoms with Crippen LogP contribution in [-0.2, 0) is 4.79 Å². The maximum atomic E-state index is 12.0. The summed E-state index contributed by atoms with van der Waals surface area (Å²) in [6.07, 6.45) is 3.36. The summed E-state index contributed by atoms with van der Waals surface area (Å²) < 4.78 is 6.48. The first kappa shape index (κ1) is 17.9. The molecule has 0 heterocycles. The summed E-state index contributed by atoms with van der Waals surface area (Å²) in [5, 5.41) is 2.72. The number of halogens is 1. The maximum absolute atomic E-state index is 12.0. The number of benzene rings is 2. The molecule has 0 aliphatic carbocycles. The smallest absolute Gasteiger partial charge is 0.248 e. The molecule has 1 N–H and O–H groups in total. The van der Waals surface area contributed by atoms with Crippen LogP contribution in [0.15, 0.2) is 65.2 Å². The molecule has 0 saturated heterocycles. The molecule has 4 nitrogen and oxygen atoms in total. The van der Waals surface area contributed by atoms with Crippen molar-refractivity contribution in [2.24, 2.45) is 0 Å². The van der Waals surface area contributed by atoms with Crippen LogP contribution in [-0.4, -0.2) is 18.3 Å². The lowest BCUT2D eigenvalue weighted by molar-refractivity contribution is -0.111. The highest BCUT2D eigenvalue weighted by atomic mass is 79.9. The fourth-order valence-corrected chi connectivity index (χ4v) is 2.21. The van der Waals surface area contributed by atoms with Gasteiger partial charge in [0.05, 0.1) is 12.3 Å². The van der Waals surface area contributed by atoms with Crippen LogP contribution in [0.1, 0.15) is 23.7 Å².